The van der Waals surface area contributed by atoms with E-state index in [9.17, 15) is 4.79 Å². The molecule has 2 bridgehead atoms. The summed E-state index contributed by atoms with van der Waals surface area (Å²) in [6.07, 6.45) is 8.14. The summed E-state index contributed by atoms with van der Waals surface area (Å²) in [5, 5.41) is 0. The van der Waals surface area contributed by atoms with Crippen molar-refractivity contribution >= 4 is 5.78 Å². The number of fused-ring (bicyclic) bond motifs is 2. The van der Waals surface area contributed by atoms with Gasteiger partial charge in [0.2, 0.25) is 0 Å². The van der Waals surface area contributed by atoms with Crippen LogP contribution in [0.4, 0.5) is 0 Å². The molecule has 0 radical (unpaired) electrons. The maximum absolute atomic E-state index is 12.9. The van der Waals surface area contributed by atoms with Gasteiger partial charge < -0.3 is 9.64 Å². The van der Waals surface area contributed by atoms with Gasteiger partial charge in [-0.1, -0.05) is 36.8 Å². The minimum Gasteiger partial charge on any atom is -0.496 e. The Hall–Kier alpha value is -2.13. The van der Waals surface area contributed by atoms with Crippen molar-refractivity contribution in [3.8, 4) is 5.75 Å². The lowest BCUT2D eigenvalue weighted by Crippen LogP contribution is -2.43. The molecule has 2 aromatic carbocycles. The van der Waals surface area contributed by atoms with E-state index in [1.807, 2.05) is 42.5 Å². The number of benzene rings is 2. The first-order chi connectivity index (χ1) is 14.2. The van der Waals surface area contributed by atoms with Gasteiger partial charge in [-0.05, 0) is 86.7 Å². The van der Waals surface area contributed by atoms with Crippen molar-refractivity contribution in [3.63, 3.8) is 0 Å². The zero-order valence-corrected chi connectivity index (χ0v) is 17.3. The second-order valence-electron chi connectivity index (χ2n) is 9.20. The topological polar surface area (TPSA) is 29.5 Å². The molecule has 2 aromatic rings. The molecule has 2 unspecified atom stereocenters. The highest BCUT2D eigenvalue weighted by atomic mass is 16.5. The molecule has 0 aromatic heterocycles. The maximum atomic E-state index is 12.9. The Morgan fingerprint density at radius 3 is 2.38 bits per heavy atom. The molecule has 1 heterocycles. The van der Waals surface area contributed by atoms with Gasteiger partial charge in [0.25, 0.3) is 0 Å². The predicted octanol–water partition coefficient (Wildman–Crippen LogP) is 5.29. The van der Waals surface area contributed by atoms with Crippen LogP contribution in [0.25, 0.3) is 0 Å². The van der Waals surface area contributed by atoms with Crippen molar-refractivity contribution in [2.24, 2.45) is 11.8 Å². The maximum Gasteiger partial charge on any atom is 0.193 e. The first kappa shape index (κ1) is 18.9. The number of nitrogens with zero attached hydrogens (tertiary/aromatic N) is 1. The number of carbonyl (C=O) groups is 1. The van der Waals surface area contributed by atoms with Crippen molar-refractivity contribution in [1.82, 2.24) is 4.90 Å². The van der Waals surface area contributed by atoms with Crippen molar-refractivity contribution < 1.29 is 9.53 Å². The van der Waals surface area contributed by atoms with Crippen LogP contribution in [0.15, 0.2) is 48.5 Å². The largest absolute Gasteiger partial charge is 0.496 e. The second-order valence-corrected chi connectivity index (χ2v) is 9.20. The molecule has 3 nitrogen and oxygen atoms in total. The van der Waals surface area contributed by atoms with Crippen LogP contribution in [0.1, 0.15) is 65.9 Å². The molecule has 0 spiro atoms. The van der Waals surface area contributed by atoms with Crippen molar-refractivity contribution in [1.29, 1.82) is 0 Å². The number of likely N-dealkylation sites (tertiary alicyclic amines) is 1. The normalized spacial score (nSPS) is 27.3. The molecule has 3 fully saturated rings. The van der Waals surface area contributed by atoms with Gasteiger partial charge >= 0.3 is 0 Å². The van der Waals surface area contributed by atoms with E-state index in [4.69, 9.17) is 4.74 Å². The molecule has 3 atom stereocenters. The summed E-state index contributed by atoms with van der Waals surface area (Å²) in [5.74, 6) is 3.45. The highest BCUT2D eigenvalue weighted by Gasteiger charge is 2.43. The molecule has 29 heavy (non-hydrogen) atoms. The van der Waals surface area contributed by atoms with Crippen molar-refractivity contribution in [2.75, 3.05) is 20.2 Å². The van der Waals surface area contributed by atoms with Gasteiger partial charge in [-0.3, -0.25) is 4.79 Å². The van der Waals surface area contributed by atoms with E-state index in [0.29, 0.717) is 5.92 Å². The lowest BCUT2D eigenvalue weighted by atomic mass is 9.85. The van der Waals surface area contributed by atoms with Crippen LogP contribution in [0.5, 0.6) is 5.75 Å². The number of ether oxygens (including phenoxy) is 1. The van der Waals surface area contributed by atoms with Crippen molar-refractivity contribution in [3.05, 3.63) is 65.2 Å². The number of rotatable bonds is 5. The smallest absolute Gasteiger partial charge is 0.193 e. The Morgan fingerprint density at radius 2 is 1.72 bits per heavy atom. The second kappa shape index (κ2) is 7.95. The summed E-state index contributed by atoms with van der Waals surface area (Å²) in [5.41, 5.74) is 2.72. The molecule has 3 heteroatoms. The van der Waals surface area contributed by atoms with Crippen LogP contribution in [0, 0.1) is 11.8 Å². The number of hydrogen-bond donors (Lipinski definition) is 0. The van der Waals surface area contributed by atoms with E-state index in [2.05, 4.69) is 11.0 Å². The average molecular weight is 390 g/mol. The fraction of sp³-hybridized carbons (Fsp3) is 0.500. The zero-order valence-electron chi connectivity index (χ0n) is 17.3. The summed E-state index contributed by atoms with van der Waals surface area (Å²) in [7, 11) is 1.74. The standard InChI is InChI=1S/C26H31NO2/c1-29-25-10-9-22(26(28)20-5-3-2-4-6-20)17-23(25)19-11-13-27(14-12-19)24-16-18-7-8-21(24)15-18/h2-6,9-10,17-19,21,24H,7-8,11-16H2,1H3/t18-,21?,24?/m0/s1. The highest BCUT2D eigenvalue weighted by molar-refractivity contribution is 6.09. The fourth-order valence-corrected chi connectivity index (χ4v) is 6.15. The molecule has 5 rings (SSSR count). The number of carbonyl (C=O) groups excluding carboxylic acids is 1. The van der Waals surface area contributed by atoms with Crippen LogP contribution in [-0.2, 0) is 0 Å². The molecule has 3 aliphatic rings. The van der Waals surface area contributed by atoms with E-state index in [1.54, 1.807) is 7.11 Å². The third kappa shape index (κ3) is 3.61. The minimum absolute atomic E-state index is 0.0916. The number of hydrogen-bond acceptors (Lipinski definition) is 3. The number of methoxy groups -OCH3 is 1. The summed E-state index contributed by atoms with van der Waals surface area (Å²) in [6.45, 7) is 2.36. The van der Waals surface area contributed by atoms with Gasteiger partial charge in [-0.25, -0.2) is 0 Å². The third-order valence-corrected chi connectivity index (χ3v) is 7.67. The third-order valence-electron chi connectivity index (χ3n) is 7.67. The van der Waals surface area contributed by atoms with E-state index in [0.717, 1.165) is 47.6 Å². The Kier molecular flexibility index (Phi) is 5.17. The van der Waals surface area contributed by atoms with Crippen LogP contribution >= 0.6 is 0 Å². The summed E-state index contributed by atoms with van der Waals surface area (Å²) in [6, 6.07) is 16.4. The van der Waals surface area contributed by atoms with Crippen LogP contribution < -0.4 is 4.74 Å². The quantitative estimate of drug-likeness (QED) is 0.651. The molecule has 152 valence electrons. The van der Waals surface area contributed by atoms with Crippen LogP contribution in [0.3, 0.4) is 0 Å². The van der Waals surface area contributed by atoms with Gasteiger partial charge in [0.15, 0.2) is 5.78 Å². The molecule has 0 amide bonds. The number of piperidine rings is 1. The molecule has 2 saturated carbocycles. The Labute approximate surface area is 174 Å². The minimum atomic E-state index is 0.0916. The molecule has 1 aliphatic heterocycles. The Morgan fingerprint density at radius 1 is 0.931 bits per heavy atom. The lowest BCUT2D eigenvalue weighted by Gasteiger charge is -2.40. The van der Waals surface area contributed by atoms with Gasteiger partial charge in [0.1, 0.15) is 5.75 Å². The Balaban J connectivity index is 1.32. The number of ketones is 1. The highest BCUT2D eigenvalue weighted by Crippen LogP contribution is 2.48. The monoisotopic (exact) mass is 389 g/mol. The zero-order chi connectivity index (χ0) is 19.8. The SMILES string of the molecule is COc1ccc(C(=O)c2ccccc2)cc1C1CCN(C2C[C@H]3CCC2C3)CC1. The average Bonchev–Trinajstić information content (AvgIpc) is 3.43. The molecule has 0 N–H and O–H groups in total. The van der Waals surface area contributed by atoms with Crippen LogP contribution in [-0.4, -0.2) is 36.9 Å². The molecule has 1 saturated heterocycles. The first-order valence-electron chi connectivity index (χ1n) is 11.2. The summed E-state index contributed by atoms with van der Waals surface area (Å²) < 4.78 is 5.68. The van der Waals surface area contributed by atoms with E-state index >= 15 is 0 Å². The lowest BCUT2D eigenvalue weighted by molar-refractivity contribution is 0.103. The Bertz CT molecular complexity index is 870. The summed E-state index contributed by atoms with van der Waals surface area (Å²) in [4.78, 5) is 15.7. The molecular weight excluding hydrogens is 358 g/mol. The van der Waals surface area contributed by atoms with E-state index in [-0.39, 0.29) is 5.78 Å². The first-order valence-corrected chi connectivity index (χ1v) is 11.2. The van der Waals surface area contributed by atoms with Gasteiger partial charge in [0, 0.05) is 17.2 Å². The van der Waals surface area contributed by atoms with Gasteiger partial charge in [0.05, 0.1) is 7.11 Å². The van der Waals surface area contributed by atoms with Gasteiger partial charge in [-0.15, -0.1) is 0 Å². The van der Waals surface area contributed by atoms with Crippen LogP contribution in [0.2, 0.25) is 0 Å². The van der Waals surface area contributed by atoms with Crippen molar-refractivity contribution in [2.45, 2.75) is 50.5 Å². The molecular formula is C26H31NO2. The van der Waals surface area contributed by atoms with E-state index < -0.39 is 0 Å². The predicted molar refractivity (Wildman–Crippen MR) is 116 cm³/mol. The fourth-order valence-electron chi connectivity index (χ4n) is 6.15. The van der Waals surface area contributed by atoms with E-state index in [1.165, 1.54) is 44.3 Å². The van der Waals surface area contributed by atoms with Gasteiger partial charge in [-0.2, -0.15) is 0 Å². The summed E-state index contributed by atoms with van der Waals surface area (Å²) >= 11 is 0. The molecule has 2 aliphatic carbocycles.